The SMILES string of the molecule is COc1cc(-c2nn(CNc3ccc(C(C)C)cc3)c(=S)o2)cc(OC)c1OC. The van der Waals surface area contributed by atoms with Crippen molar-refractivity contribution in [3.63, 3.8) is 0 Å². The van der Waals surface area contributed by atoms with Gasteiger partial charge in [0.15, 0.2) is 11.5 Å². The molecule has 3 aromatic rings. The largest absolute Gasteiger partial charge is 0.493 e. The van der Waals surface area contributed by atoms with Gasteiger partial charge >= 0.3 is 0 Å². The predicted octanol–water partition coefficient (Wildman–Crippen LogP) is 5.09. The van der Waals surface area contributed by atoms with Crippen LogP contribution >= 0.6 is 12.2 Å². The molecule has 2 aromatic carbocycles. The van der Waals surface area contributed by atoms with E-state index in [2.05, 4.69) is 36.4 Å². The zero-order valence-corrected chi connectivity index (χ0v) is 18.0. The molecule has 0 saturated carbocycles. The van der Waals surface area contributed by atoms with E-state index < -0.39 is 0 Å². The van der Waals surface area contributed by atoms with E-state index in [-0.39, 0.29) is 4.84 Å². The first-order chi connectivity index (χ1) is 14.0. The summed E-state index contributed by atoms with van der Waals surface area (Å²) in [6, 6.07) is 11.8. The van der Waals surface area contributed by atoms with Gasteiger partial charge < -0.3 is 23.9 Å². The van der Waals surface area contributed by atoms with Crippen molar-refractivity contribution in [1.82, 2.24) is 9.78 Å². The fourth-order valence-electron chi connectivity index (χ4n) is 2.88. The number of methoxy groups -OCH3 is 3. The minimum absolute atomic E-state index is 0.264. The van der Waals surface area contributed by atoms with Crippen molar-refractivity contribution >= 4 is 17.9 Å². The molecule has 0 bridgehead atoms. The highest BCUT2D eigenvalue weighted by Gasteiger charge is 2.17. The van der Waals surface area contributed by atoms with Gasteiger partial charge in [0.05, 0.1) is 21.3 Å². The van der Waals surface area contributed by atoms with Gasteiger partial charge in [-0.1, -0.05) is 26.0 Å². The van der Waals surface area contributed by atoms with Gasteiger partial charge in [0, 0.05) is 11.3 Å². The molecule has 7 nitrogen and oxygen atoms in total. The lowest BCUT2D eigenvalue weighted by molar-refractivity contribution is 0.324. The van der Waals surface area contributed by atoms with Gasteiger partial charge in [0.1, 0.15) is 6.67 Å². The molecule has 1 heterocycles. The van der Waals surface area contributed by atoms with Crippen molar-refractivity contribution in [3.05, 3.63) is 46.8 Å². The number of ether oxygens (including phenoxy) is 3. The van der Waals surface area contributed by atoms with E-state index in [0.717, 1.165) is 5.69 Å². The number of nitrogens with one attached hydrogen (secondary N) is 1. The molecule has 1 N–H and O–H groups in total. The number of rotatable bonds is 8. The summed E-state index contributed by atoms with van der Waals surface area (Å²) >= 11 is 5.32. The molecular weight excluding hydrogens is 390 g/mol. The standard InChI is InChI=1S/C21H25N3O4S/c1-13(2)14-6-8-16(9-7-14)22-12-24-21(29)28-20(23-24)15-10-17(25-3)19(27-5)18(11-15)26-4/h6-11,13,22H,12H2,1-5H3. The molecule has 154 valence electrons. The lowest BCUT2D eigenvalue weighted by atomic mass is 10.0. The van der Waals surface area contributed by atoms with Crippen LogP contribution in [0.1, 0.15) is 25.3 Å². The molecule has 0 saturated heterocycles. The summed E-state index contributed by atoms with van der Waals surface area (Å²) in [7, 11) is 4.67. The van der Waals surface area contributed by atoms with E-state index in [1.165, 1.54) is 5.56 Å². The van der Waals surface area contributed by atoms with Gasteiger partial charge in [0.25, 0.3) is 4.84 Å². The average Bonchev–Trinajstić information content (AvgIpc) is 3.11. The first-order valence-corrected chi connectivity index (χ1v) is 9.59. The third-order valence-electron chi connectivity index (χ3n) is 4.53. The summed E-state index contributed by atoms with van der Waals surface area (Å²) < 4.78 is 23.4. The van der Waals surface area contributed by atoms with Crippen LogP contribution < -0.4 is 19.5 Å². The van der Waals surface area contributed by atoms with Crippen LogP contribution in [0.15, 0.2) is 40.8 Å². The molecule has 0 amide bonds. The Balaban J connectivity index is 1.82. The molecule has 0 aliphatic rings. The van der Waals surface area contributed by atoms with Crippen molar-refractivity contribution in [2.45, 2.75) is 26.4 Å². The maximum absolute atomic E-state index is 5.69. The summed E-state index contributed by atoms with van der Waals surface area (Å²) in [6.07, 6.45) is 0. The van der Waals surface area contributed by atoms with Crippen LogP contribution in [-0.4, -0.2) is 31.1 Å². The van der Waals surface area contributed by atoms with Crippen LogP contribution in [0.2, 0.25) is 0 Å². The maximum Gasteiger partial charge on any atom is 0.289 e. The van der Waals surface area contributed by atoms with E-state index in [0.29, 0.717) is 41.3 Å². The van der Waals surface area contributed by atoms with Crippen LogP contribution in [0.3, 0.4) is 0 Å². The number of aromatic nitrogens is 2. The zero-order chi connectivity index (χ0) is 21.0. The third-order valence-corrected chi connectivity index (χ3v) is 4.82. The van der Waals surface area contributed by atoms with Crippen LogP contribution in [0.4, 0.5) is 5.69 Å². The normalized spacial score (nSPS) is 10.8. The van der Waals surface area contributed by atoms with E-state index in [1.54, 1.807) is 38.1 Å². The molecule has 8 heteroatoms. The summed E-state index contributed by atoms with van der Waals surface area (Å²) in [5, 5.41) is 7.78. The second-order valence-corrected chi connectivity index (χ2v) is 7.05. The minimum atomic E-state index is 0.264. The van der Waals surface area contributed by atoms with Crippen molar-refractivity contribution in [2.24, 2.45) is 0 Å². The Morgan fingerprint density at radius 3 is 2.17 bits per heavy atom. The molecule has 0 aliphatic carbocycles. The molecule has 0 atom stereocenters. The van der Waals surface area contributed by atoms with Gasteiger partial charge in [-0.15, -0.1) is 5.10 Å². The lowest BCUT2D eigenvalue weighted by Gasteiger charge is -2.12. The van der Waals surface area contributed by atoms with Crippen molar-refractivity contribution < 1.29 is 18.6 Å². The summed E-state index contributed by atoms with van der Waals surface area (Å²) in [5.74, 6) is 2.39. The third kappa shape index (κ3) is 4.54. The predicted molar refractivity (Wildman–Crippen MR) is 115 cm³/mol. The maximum atomic E-state index is 5.69. The number of benzene rings is 2. The second kappa shape index (κ2) is 9.00. The molecule has 0 aliphatic heterocycles. The fraction of sp³-hybridized carbons (Fsp3) is 0.333. The Morgan fingerprint density at radius 1 is 1.03 bits per heavy atom. The molecule has 0 spiro atoms. The average molecular weight is 416 g/mol. The van der Waals surface area contributed by atoms with E-state index >= 15 is 0 Å². The Morgan fingerprint density at radius 2 is 1.66 bits per heavy atom. The van der Waals surface area contributed by atoms with Crippen LogP contribution in [0, 0.1) is 4.84 Å². The Bertz CT molecular complexity index is 1000. The Kier molecular flexibility index (Phi) is 6.43. The molecule has 0 radical (unpaired) electrons. The second-order valence-electron chi connectivity index (χ2n) is 6.70. The highest BCUT2D eigenvalue weighted by molar-refractivity contribution is 7.71. The van der Waals surface area contributed by atoms with Crippen LogP contribution in [0.25, 0.3) is 11.5 Å². The lowest BCUT2D eigenvalue weighted by Crippen LogP contribution is -2.09. The van der Waals surface area contributed by atoms with Gasteiger partial charge in [-0.05, 0) is 48.0 Å². The van der Waals surface area contributed by atoms with Crippen LogP contribution in [-0.2, 0) is 6.67 Å². The highest BCUT2D eigenvalue weighted by Crippen LogP contribution is 2.40. The topological polar surface area (TPSA) is 70.7 Å². The summed E-state index contributed by atoms with van der Waals surface area (Å²) in [4.78, 5) is 0.264. The summed E-state index contributed by atoms with van der Waals surface area (Å²) in [6.45, 7) is 4.72. The number of nitrogens with zero attached hydrogens (tertiary/aromatic N) is 2. The Hall–Kier alpha value is -3.00. The summed E-state index contributed by atoms with van der Waals surface area (Å²) in [5.41, 5.74) is 2.94. The van der Waals surface area contributed by atoms with E-state index in [1.807, 2.05) is 12.1 Å². The number of anilines is 1. The van der Waals surface area contributed by atoms with Gasteiger partial charge in [-0.25, -0.2) is 4.68 Å². The number of hydrogen-bond donors (Lipinski definition) is 1. The van der Waals surface area contributed by atoms with E-state index in [4.69, 9.17) is 30.8 Å². The molecule has 0 fully saturated rings. The van der Waals surface area contributed by atoms with Crippen molar-refractivity contribution in [1.29, 1.82) is 0 Å². The molecular formula is C21H25N3O4S. The van der Waals surface area contributed by atoms with Crippen molar-refractivity contribution in [2.75, 3.05) is 26.6 Å². The first kappa shape index (κ1) is 20.7. The Labute approximate surface area is 175 Å². The quantitative estimate of drug-likeness (QED) is 0.514. The smallest absolute Gasteiger partial charge is 0.289 e. The number of hydrogen-bond acceptors (Lipinski definition) is 7. The van der Waals surface area contributed by atoms with Gasteiger partial charge in [-0.2, -0.15) is 0 Å². The first-order valence-electron chi connectivity index (χ1n) is 9.19. The van der Waals surface area contributed by atoms with Crippen LogP contribution in [0.5, 0.6) is 17.2 Å². The van der Waals surface area contributed by atoms with Crippen molar-refractivity contribution in [3.8, 4) is 28.7 Å². The fourth-order valence-corrected chi connectivity index (χ4v) is 3.06. The molecule has 1 aromatic heterocycles. The van der Waals surface area contributed by atoms with E-state index in [9.17, 15) is 0 Å². The van der Waals surface area contributed by atoms with Gasteiger partial charge in [-0.3, -0.25) is 0 Å². The monoisotopic (exact) mass is 415 g/mol. The van der Waals surface area contributed by atoms with Gasteiger partial charge in [0.2, 0.25) is 11.6 Å². The molecule has 29 heavy (non-hydrogen) atoms. The minimum Gasteiger partial charge on any atom is -0.493 e. The molecule has 3 rings (SSSR count). The zero-order valence-electron chi connectivity index (χ0n) is 17.2. The molecule has 0 unspecified atom stereocenters. The highest BCUT2D eigenvalue weighted by atomic mass is 32.1.